The molecule has 1 aromatic rings. The average Bonchev–Trinajstić information content (AvgIpc) is 2.40. The lowest BCUT2D eigenvalue weighted by molar-refractivity contribution is -0.135. The molecule has 2 atom stereocenters. The molecule has 0 saturated carbocycles. The van der Waals surface area contributed by atoms with Gasteiger partial charge in [-0.1, -0.05) is 12.1 Å². The zero-order valence-electron chi connectivity index (χ0n) is 11.6. The normalized spacial score (nSPS) is 13.9. The second kappa shape index (κ2) is 7.21. The lowest BCUT2D eigenvalue weighted by Crippen LogP contribution is -2.46. The van der Waals surface area contributed by atoms with E-state index >= 15 is 0 Å². The first-order chi connectivity index (χ1) is 9.01. The Kier molecular flexibility index (Phi) is 5.92. The number of benzene rings is 1. The topological polar surface area (TPSA) is 55.6 Å². The van der Waals surface area contributed by atoms with Crippen LogP contribution in [-0.2, 0) is 9.53 Å². The zero-order chi connectivity index (χ0) is 14.4. The minimum atomic E-state index is -0.673. The molecule has 2 N–H and O–H groups in total. The van der Waals surface area contributed by atoms with Crippen molar-refractivity contribution < 1.29 is 13.9 Å². The lowest BCUT2D eigenvalue weighted by Gasteiger charge is -2.30. The maximum absolute atomic E-state index is 12.9. The van der Waals surface area contributed by atoms with E-state index in [4.69, 9.17) is 10.5 Å². The lowest BCUT2D eigenvalue weighted by atomic mass is 10.1. The summed E-state index contributed by atoms with van der Waals surface area (Å²) in [5.41, 5.74) is 6.64. The van der Waals surface area contributed by atoms with Crippen LogP contribution in [0.4, 0.5) is 4.39 Å². The van der Waals surface area contributed by atoms with Crippen LogP contribution in [0.15, 0.2) is 24.3 Å². The molecule has 0 aliphatic carbocycles. The smallest absolute Gasteiger partial charge is 0.242 e. The van der Waals surface area contributed by atoms with Crippen molar-refractivity contribution in [3.05, 3.63) is 35.6 Å². The summed E-state index contributed by atoms with van der Waals surface area (Å²) in [4.78, 5) is 13.9. The summed E-state index contributed by atoms with van der Waals surface area (Å²) in [5, 5.41) is 0. The van der Waals surface area contributed by atoms with E-state index in [2.05, 4.69) is 0 Å². The van der Waals surface area contributed by atoms with Crippen molar-refractivity contribution in [3.8, 4) is 0 Å². The third-order valence-electron chi connectivity index (χ3n) is 3.11. The quantitative estimate of drug-likeness (QED) is 0.854. The molecule has 0 aliphatic heterocycles. The molecule has 1 rings (SSSR count). The number of hydrogen-bond donors (Lipinski definition) is 1. The highest BCUT2D eigenvalue weighted by molar-refractivity contribution is 5.82. The van der Waals surface area contributed by atoms with Crippen LogP contribution in [0.5, 0.6) is 0 Å². The highest BCUT2D eigenvalue weighted by Crippen LogP contribution is 2.20. The van der Waals surface area contributed by atoms with Gasteiger partial charge >= 0.3 is 0 Å². The van der Waals surface area contributed by atoms with Gasteiger partial charge in [-0.05, 0) is 31.5 Å². The maximum atomic E-state index is 12.9. The van der Waals surface area contributed by atoms with Crippen LogP contribution in [0.1, 0.15) is 25.5 Å². The molecule has 106 valence electrons. The van der Waals surface area contributed by atoms with Gasteiger partial charge in [0.1, 0.15) is 11.9 Å². The van der Waals surface area contributed by atoms with Crippen LogP contribution in [0.2, 0.25) is 0 Å². The van der Waals surface area contributed by atoms with Gasteiger partial charge in [0.15, 0.2) is 0 Å². The molecule has 0 radical (unpaired) electrons. The predicted molar refractivity (Wildman–Crippen MR) is 72.1 cm³/mol. The second-order valence-electron chi connectivity index (χ2n) is 4.41. The first-order valence-electron chi connectivity index (χ1n) is 6.31. The molecule has 0 bridgehead atoms. The van der Waals surface area contributed by atoms with Crippen LogP contribution in [0.3, 0.4) is 0 Å². The Morgan fingerprint density at radius 3 is 2.47 bits per heavy atom. The van der Waals surface area contributed by atoms with Crippen molar-refractivity contribution in [1.82, 2.24) is 4.90 Å². The molecule has 0 spiro atoms. The average molecular weight is 268 g/mol. The fourth-order valence-electron chi connectivity index (χ4n) is 2.01. The standard InChI is InChI=1S/C14H21FN2O2/c1-4-17(14(18)13(16)9-19-3)10(2)11-5-7-12(15)8-6-11/h5-8,10,13H,4,9,16H2,1-3H3. The molecule has 5 heteroatoms. The number of carbonyl (C=O) groups is 1. The van der Waals surface area contributed by atoms with Crippen LogP contribution in [0.25, 0.3) is 0 Å². The zero-order valence-corrected chi connectivity index (χ0v) is 11.6. The maximum Gasteiger partial charge on any atom is 0.242 e. The SMILES string of the molecule is CCN(C(=O)C(N)COC)C(C)c1ccc(F)cc1. The molecular formula is C14H21FN2O2. The van der Waals surface area contributed by atoms with E-state index in [-0.39, 0.29) is 24.4 Å². The Morgan fingerprint density at radius 1 is 1.42 bits per heavy atom. The van der Waals surface area contributed by atoms with Crippen molar-refractivity contribution >= 4 is 5.91 Å². The van der Waals surface area contributed by atoms with E-state index in [0.29, 0.717) is 6.54 Å². The predicted octanol–water partition coefficient (Wildman–Crippen LogP) is 1.71. The molecule has 0 aromatic heterocycles. The summed E-state index contributed by atoms with van der Waals surface area (Å²) < 4.78 is 17.8. The van der Waals surface area contributed by atoms with E-state index in [1.165, 1.54) is 19.2 Å². The van der Waals surface area contributed by atoms with Gasteiger partial charge in [0.25, 0.3) is 0 Å². The summed E-state index contributed by atoms with van der Waals surface area (Å²) >= 11 is 0. The highest BCUT2D eigenvalue weighted by atomic mass is 19.1. The molecule has 1 amide bonds. The van der Waals surface area contributed by atoms with Crippen LogP contribution >= 0.6 is 0 Å². The molecule has 1 aromatic carbocycles. The molecule has 0 saturated heterocycles. The van der Waals surface area contributed by atoms with Gasteiger partial charge in [0, 0.05) is 13.7 Å². The Bertz CT molecular complexity index is 408. The van der Waals surface area contributed by atoms with E-state index < -0.39 is 6.04 Å². The van der Waals surface area contributed by atoms with Crippen LogP contribution < -0.4 is 5.73 Å². The minimum absolute atomic E-state index is 0.152. The van der Waals surface area contributed by atoms with Gasteiger partial charge in [-0.25, -0.2) is 4.39 Å². The van der Waals surface area contributed by atoms with E-state index in [1.807, 2.05) is 13.8 Å². The number of likely N-dealkylation sites (N-methyl/N-ethyl adjacent to an activating group) is 1. The summed E-state index contributed by atoms with van der Waals surface area (Å²) in [7, 11) is 1.51. The summed E-state index contributed by atoms with van der Waals surface area (Å²) in [6.07, 6.45) is 0. The first-order valence-corrected chi connectivity index (χ1v) is 6.31. The van der Waals surface area contributed by atoms with Gasteiger partial charge < -0.3 is 15.4 Å². The van der Waals surface area contributed by atoms with Gasteiger partial charge in [0.2, 0.25) is 5.91 Å². The Hall–Kier alpha value is -1.46. The molecular weight excluding hydrogens is 247 g/mol. The molecule has 0 heterocycles. The number of carbonyl (C=O) groups excluding carboxylic acids is 1. The second-order valence-corrected chi connectivity index (χ2v) is 4.41. The van der Waals surface area contributed by atoms with Gasteiger partial charge in [-0.2, -0.15) is 0 Å². The number of nitrogens with two attached hydrogens (primary N) is 1. The number of ether oxygens (including phenoxy) is 1. The molecule has 0 aliphatic rings. The molecule has 19 heavy (non-hydrogen) atoms. The monoisotopic (exact) mass is 268 g/mol. The number of hydrogen-bond acceptors (Lipinski definition) is 3. The van der Waals surface area contributed by atoms with E-state index in [1.54, 1.807) is 17.0 Å². The fraction of sp³-hybridized carbons (Fsp3) is 0.500. The van der Waals surface area contributed by atoms with E-state index in [0.717, 1.165) is 5.56 Å². The minimum Gasteiger partial charge on any atom is -0.383 e. The van der Waals surface area contributed by atoms with Crippen molar-refractivity contribution in [3.63, 3.8) is 0 Å². The molecule has 4 nitrogen and oxygen atoms in total. The summed E-state index contributed by atoms with van der Waals surface area (Å²) in [6.45, 7) is 4.51. The first kappa shape index (κ1) is 15.6. The van der Waals surface area contributed by atoms with Crippen molar-refractivity contribution in [2.45, 2.75) is 25.9 Å². The third kappa shape index (κ3) is 4.01. The Balaban J connectivity index is 2.84. The van der Waals surface area contributed by atoms with Crippen molar-refractivity contribution in [2.75, 3.05) is 20.3 Å². The van der Waals surface area contributed by atoms with Gasteiger partial charge in [0.05, 0.1) is 12.6 Å². The number of nitrogens with zero attached hydrogens (tertiary/aromatic N) is 1. The molecule has 2 unspecified atom stereocenters. The fourth-order valence-corrected chi connectivity index (χ4v) is 2.01. The third-order valence-corrected chi connectivity index (χ3v) is 3.11. The van der Waals surface area contributed by atoms with E-state index in [9.17, 15) is 9.18 Å². The summed E-state index contributed by atoms with van der Waals surface area (Å²) in [6, 6.07) is 5.31. The van der Waals surface area contributed by atoms with Crippen molar-refractivity contribution in [1.29, 1.82) is 0 Å². The summed E-state index contributed by atoms with van der Waals surface area (Å²) in [5.74, 6) is -0.456. The van der Waals surface area contributed by atoms with Crippen molar-refractivity contribution in [2.24, 2.45) is 5.73 Å². The Labute approximate surface area is 113 Å². The van der Waals surface area contributed by atoms with Gasteiger partial charge in [-0.15, -0.1) is 0 Å². The largest absolute Gasteiger partial charge is 0.383 e. The number of methoxy groups -OCH3 is 1. The van der Waals surface area contributed by atoms with Gasteiger partial charge in [-0.3, -0.25) is 4.79 Å². The van der Waals surface area contributed by atoms with Crippen LogP contribution in [-0.4, -0.2) is 37.1 Å². The number of rotatable bonds is 6. The van der Waals surface area contributed by atoms with Crippen LogP contribution in [0, 0.1) is 5.82 Å². The highest BCUT2D eigenvalue weighted by Gasteiger charge is 2.24. The Morgan fingerprint density at radius 2 is 2.00 bits per heavy atom. The molecule has 0 fully saturated rings. The number of amides is 1. The number of halogens is 1.